The number of halogens is 3. The van der Waals surface area contributed by atoms with Crippen LogP contribution in [0.15, 0.2) is 0 Å². The lowest BCUT2D eigenvalue weighted by molar-refractivity contribution is 0.627. The lowest BCUT2D eigenvalue weighted by atomic mass is 10.1. The minimum atomic E-state index is 0.778. The minimum absolute atomic E-state index is 0.778. The first-order chi connectivity index (χ1) is 5.91. The van der Waals surface area contributed by atoms with E-state index in [9.17, 15) is 0 Å². The quantitative estimate of drug-likeness (QED) is 0.281. The van der Waals surface area contributed by atoms with Gasteiger partial charge in [-0.1, -0.05) is 25.7 Å². The van der Waals surface area contributed by atoms with E-state index in [4.69, 9.17) is 34.3 Å². The number of hydrogen-bond donors (Lipinski definition) is 0. The van der Waals surface area contributed by atoms with Crippen LogP contribution in [0.1, 0.15) is 38.5 Å². The molecule has 0 radical (unpaired) electrons. The third-order valence-electron chi connectivity index (χ3n) is 1.52. The van der Waals surface area contributed by atoms with E-state index in [0.717, 1.165) is 21.3 Å². The number of rotatable bonds is 7. The van der Waals surface area contributed by atoms with Crippen LogP contribution in [0, 0.1) is 0 Å². The molecule has 0 unspecified atom stereocenters. The lowest BCUT2D eigenvalue weighted by Gasteiger charge is -1.96. The molecule has 0 fully saturated rings. The summed E-state index contributed by atoms with van der Waals surface area (Å²) in [4.78, 5) is 0. The van der Waals surface area contributed by atoms with Gasteiger partial charge in [0.15, 0.2) is 0 Å². The van der Waals surface area contributed by atoms with Crippen LogP contribution >= 0.6 is 34.3 Å². The normalized spacial score (nSPS) is 9.25. The van der Waals surface area contributed by atoms with Crippen LogP contribution in [-0.4, -0.2) is 21.3 Å². The second-order valence-electron chi connectivity index (χ2n) is 2.50. The van der Waals surface area contributed by atoms with Crippen molar-refractivity contribution in [1.29, 1.82) is 0 Å². The van der Waals surface area contributed by atoms with Crippen molar-refractivity contribution in [1.82, 2.24) is 0 Å². The van der Waals surface area contributed by atoms with E-state index in [2.05, 4.69) is 0 Å². The smallest absolute Gasteiger partial charge is 0.109 e. The summed E-state index contributed by atoms with van der Waals surface area (Å²) >= 11 is 15.8. The zero-order valence-electron chi connectivity index (χ0n) is 7.79. The molecule has 0 aliphatic heterocycles. The minimum Gasteiger partial charge on any atom is -0.181 e. The first-order valence-electron chi connectivity index (χ1n) is 4.41. The van der Waals surface area contributed by atoms with Crippen LogP contribution in [0.4, 0.5) is 0 Å². The molecular formula is C8H19Cl3Si. The second kappa shape index (κ2) is 18.0. The lowest BCUT2D eigenvalue weighted by Crippen LogP contribution is -1.80. The molecule has 0 amide bonds. The highest BCUT2D eigenvalue weighted by molar-refractivity contribution is 6.80. The highest BCUT2D eigenvalue weighted by Gasteiger charge is 1.88. The van der Waals surface area contributed by atoms with Crippen molar-refractivity contribution < 1.29 is 0 Å². The summed E-state index contributed by atoms with van der Waals surface area (Å²) < 4.78 is 0. The molecule has 0 saturated heterocycles. The summed E-state index contributed by atoms with van der Waals surface area (Å²) in [6.07, 6.45) is 7.55. The average molecular weight is 250 g/mol. The fraction of sp³-hybridized carbons (Fsp3) is 1.00. The van der Waals surface area contributed by atoms with Gasteiger partial charge in [-0.2, -0.15) is 11.1 Å². The summed E-state index contributed by atoms with van der Waals surface area (Å²) in [5.41, 5.74) is 0. The van der Waals surface area contributed by atoms with Crippen LogP contribution < -0.4 is 0 Å². The molecule has 0 spiro atoms. The Bertz CT molecular complexity index is 54.3. The molecule has 0 heterocycles. The highest BCUT2D eigenvalue weighted by atomic mass is 35.6. The zero-order valence-corrected chi connectivity index (χ0v) is 12.1. The van der Waals surface area contributed by atoms with E-state index in [1.165, 1.54) is 38.5 Å². The summed E-state index contributed by atoms with van der Waals surface area (Å²) in [5.74, 6) is 1.63. The van der Waals surface area contributed by atoms with Gasteiger partial charge in [0, 0.05) is 11.8 Å². The maximum atomic E-state index is 5.52. The molecule has 0 bridgehead atoms. The van der Waals surface area contributed by atoms with Gasteiger partial charge in [-0.15, -0.1) is 23.2 Å². The molecule has 0 aromatic carbocycles. The number of hydrogen-bond acceptors (Lipinski definition) is 0. The van der Waals surface area contributed by atoms with Gasteiger partial charge in [-0.05, 0) is 12.8 Å². The molecule has 0 N–H and O–H groups in total. The van der Waals surface area contributed by atoms with Gasteiger partial charge in [-0.3, -0.25) is 0 Å². The Hall–Kier alpha value is 1.09. The van der Waals surface area contributed by atoms with Gasteiger partial charge in [0.05, 0.1) is 0 Å². The van der Waals surface area contributed by atoms with Crippen molar-refractivity contribution in [3.8, 4) is 0 Å². The summed E-state index contributed by atoms with van der Waals surface area (Å²) in [7, 11) is 0.778. The van der Waals surface area contributed by atoms with Crippen LogP contribution in [0.2, 0.25) is 0 Å². The summed E-state index contributed by atoms with van der Waals surface area (Å²) in [5, 5.41) is 0. The highest BCUT2D eigenvalue weighted by Crippen LogP contribution is 2.06. The van der Waals surface area contributed by atoms with Crippen molar-refractivity contribution in [2.45, 2.75) is 38.5 Å². The van der Waals surface area contributed by atoms with Gasteiger partial charge >= 0.3 is 0 Å². The first-order valence-corrected chi connectivity index (χ1v) is 8.51. The Kier molecular flexibility index (Phi) is 23.3. The third kappa shape index (κ3) is 17.2. The van der Waals surface area contributed by atoms with Gasteiger partial charge in [0.2, 0.25) is 0 Å². The largest absolute Gasteiger partial charge is 0.181 e. The Labute approximate surface area is 94.1 Å². The topological polar surface area (TPSA) is 0 Å². The fourth-order valence-electron chi connectivity index (χ4n) is 0.896. The SMILES string of the molecule is ClCCCCCCCCCl.[SiH3]Cl. The molecule has 76 valence electrons. The maximum absolute atomic E-state index is 5.52. The van der Waals surface area contributed by atoms with Gasteiger partial charge < -0.3 is 0 Å². The monoisotopic (exact) mass is 248 g/mol. The van der Waals surface area contributed by atoms with Crippen LogP contribution in [0.3, 0.4) is 0 Å². The molecule has 0 atom stereocenters. The van der Waals surface area contributed by atoms with Crippen molar-refractivity contribution >= 4 is 43.8 Å². The van der Waals surface area contributed by atoms with Crippen molar-refractivity contribution in [3.05, 3.63) is 0 Å². The summed E-state index contributed by atoms with van der Waals surface area (Å²) in [6, 6.07) is 0. The Morgan fingerprint density at radius 1 is 0.583 bits per heavy atom. The van der Waals surface area contributed by atoms with E-state index in [-0.39, 0.29) is 0 Å². The molecule has 4 heteroatoms. The molecule has 0 nitrogen and oxygen atoms in total. The zero-order chi connectivity index (χ0) is 9.66. The van der Waals surface area contributed by atoms with Crippen molar-refractivity contribution in [3.63, 3.8) is 0 Å². The van der Waals surface area contributed by atoms with E-state index in [1.807, 2.05) is 0 Å². The molecular weight excluding hydrogens is 231 g/mol. The van der Waals surface area contributed by atoms with Crippen molar-refractivity contribution in [2.24, 2.45) is 0 Å². The van der Waals surface area contributed by atoms with Crippen LogP contribution in [0.5, 0.6) is 0 Å². The molecule has 0 aliphatic rings. The Balaban J connectivity index is 0. The van der Waals surface area contributed by atoms with Gasteiger partial charge in [-0.25, -0.2) is 0 Å². The first kappa shape index (κ1) is 15.6. The standard InChI is InChI=1S/C8H16Cl2.ClH3Si/c9-7-5-3-1-2-4-6-8-10;1-2/h1-8H2;2H3. The summed E-state index contributed by atoms with van der Waals surface area (Å²) in [6.45, 7) is 0. The molecule has 0 aliphatic carbocycles. The Morgan fingerprint density at radius 3 is 1.08 bits per heavy atom. The number of alkyl halides is 2. The molecule has 0 saturated carbocycles. The van der Waals surface area contributed by atoms with Gasteiger partial charge in [0.25, 0.3) is 0 Å². The van der Waals surface area contributed by atoms with Crippen LogP contribution in [-0.2, 0) is 0 Å². The van der Waals surface area contributed by atoms with E-state index < -0.39 is 0 Å². The van der Waals surface area contributed by atoms with E-state index >= 15 is 0 Å². The van der Waals surface area contributed by atoms with E-state index in [1.54, 1.807) is 0 Å². The maximum Gasteiger partial charge on any atom is 0.109 e. The fourth-order valence-corrected chi connectivity index (χ4v) is 1.27. The van der Waals surface area contributed by atoms with Crippen molar-refractivity contribution in [2.75, 3.05) is 11.8 Å². The molecule has 12 heavy (non-hydrogen) atoms. The van der Waals surface area contributed by atoms with Gasteiger partial charge in [0.1, 0.15) is 9.55 Å². The van der Waals surface area contributed by atoms with E-state index in [0.29, 0.717) is 0 Å². The predicted octanol–water partition coefficient (Wildman–Crippen LogP) is 3.31. The molecule has 0 aromatic rings. The molecule has 0 rings (SSSR count). The third-order valence-corrected chi connectivity index (χ3v) is 2.05. The Morgan fingerprint density at radius 2 is 0.833 bits per heavy atom. The predicted molar refractivity (Wildman–Crippen MR) is 64.9 cm³/mol. The second-order valence-corrected chi connectivity index (χ2v) is 3.26. The number of unbranched alkanes of at least 4 members (excludes halogenated alkanes) is 5. The molecule has 0 aromatic heterocycles. The van der Waals surface area contributed by atoms with Crippen LogP contribution in [0.25, 0.3) is 0 Å². The average Bonchev–Trinajstić information content (AvgIpc) is 2.15.